The van der Waals surface area contributed by atoms with Crippen molar-refractivity contribution in [2.75, 3.05) is 30.3 Å². The highest BCUT2D eigenvalue weighted by Crippen LogP contribution is 2.20. The van der Waals surface area contributed by atoms with Crippen LogP contribution in [-0.2, 0) is 14.4 Å². The minimum atomic E-state index is -1.24. The van der Waals surface area contributed by atoms with Crippen LogP contribution < -0.4 is 16.4 Å². The summed E-state index contributed by atoms with van der Waals surface area (Å²) in [6.07, 6.45) is 0.0447. The average molecular weight is 464 g/mol. The first-order valence-electron chi connectivity index (χ1n) is 10.7. The number of carbonyl (C=O) groups is 3. The van der Waals surface area contributed by atoms with Crippen LogP contribution >= 0.6 is 0 Å². The first kappa shape index (κ1) is 25.9. The number of carbonyl (C=O) groups excluding carboxylic acids is 2. The van der Waals surface area contributed by atoms with Crippen LogP contribution in [0.5, 0.6) is 0 Å². The summed E-state index contributed by atoms with van der Waals surface area (Å²) >= 11 is 0. The highest BCUT2D eigenvalue weighted by Gasteiger charge is 2.22. The highest BCUT2D eigenvalue weighted by atomic mass is 16.4. The Bertz CT molecular complexity index is 1150. The summed E-state index contributed by atoms with van der Waals surface area (Å²) in [6, 6.07) is 11.0. The van der Waals surface area contributed by atoms with E-state index in [9.17, 15) is 14.4 Å². The van der Waals surface area contributed by atoms with E-state index in [4.69, 9.17) is 16.2 Å². The molecular formula is C25H29N5O4. The summed E-state index contributed by atoms with van der Waals surface area (Å²) in [6.45, 7) is 4.92. The number of aryl methyl sites for hydroxylation is 2. The minimum absolute atomic E-state index is 0.0199. The lowest BCUT2D eigenvalue weighted by molar-refractivity contribution is -0.151. The number of carboxylic acids is 1. The van der Waals surface area contributed by atoms with Crippen molar-refractivity contribution in [3.8, 4) is 11.8 Å². The van der Waals surface area contributed by atoms with E-state index in [1.165, 1.54) is 0 Å². The standard InChI is InChI=1S/C25H29N5O4/c1-4-22(31)30(15-24(33)34)23(32)14-29-21-13-16(2)19(12-17(21)3)6-5-11-28-20-9-7-18(8-10-20)25(26)27/h7-10,12-13,28-29H,4,11,14-15H2,1-3H3,(H3,26,27)(H,33,34). The van der Waals surface area contributed by atoms with Crippen molar-refractivity contribution in [2.45, 2.75) is 27.2 Å². The second-order valence-corrected chi connectivity index (χ2v) is 7.60. The number of amides is 2. The molecule has 9 heteroatoms. The number of imide groups is 1. The maximum absolute atomic E-state index is 12.4. The van der Waals surface area contributed by atoms with E-state index < -0.39 is 24.3 Å². The molecule has 178 valence electrons. The zero-order valence-corrected chi connectivity index (χ0v) is 19.5. The largest absolute Gasteiger partial charge is 0.480 e. The number of rotatable bonds is 9. The molecule has 2 rings (SSSR count). The van der Waals surface area contributed by atoms with Gasteiger partial charge >= 0.3 is 5.97 Å². The number of hydrogen-bond acceptors (Lipinski definition) is 6. The van der Waals surface area contributed by atoms with Crippen LogP contribution in [0.1, 0.15) is 35.6 Å². The van der Waals surface area contributed by atoms with Gasteiger partial charge in [-0.15, -0.1) is 0 Å². The molecule has 9 nitrogen and oxygen atoms in total. The maximum Gasteiger partial charge on any atom is 0.323 e. The molecule has 0 atom stereocenters. The van der Waals surface area contributed by atoms with E-state index in [2.05, 4.69) is 22.5 Å². The zero-order chi connectivity index (χ0) is 25.3. The Morgan fingerprint density at radius 3 is 2.32 bits per heavy atom. The van der Waals surface area contributed by atoms with E-state index in [0.29, 0.717) is 17.8 Å². The normalized spacial score (nSPS) is 9.97. The first-order valence-corrected chi connectivity index (χ1v) is 10.7. The third-order valence-corrected chi connectivity index (χ3v) is 5.00. The number of aliphatic carboxylic acids is 1. The fourth-order valence-corrected chi connectivity index (χ4v) is 3.10. The SMILES string of the molecule is CCC(=O)N(CC(=O)O)C(=O)CNc1cc(C)c(C#CCNc2ccc(C(=N)N)cc2)cc1C. The number of nitrogen functional groups attached to an aromatic ring is 1. The van der Waals surface area contributed by atoms with Crippen molar-refractivity contribution in [1.82, 2.24) is 4.90 Å². The minimum Gasteiger partial charge on any atom is -0.480 e. The number of hydrogen-bond donors (Lipinski definition) is 5. The Morgan fingerprint density at radius 2 is 1.74 bits per heavy atom. The molecule has 0 saturated heterocycles. The molecule has 0 saturated carbocycles. The van der Waals surface area contributed by atoms with E-state index in [0.717, 1.165) is 27.3 Å². The Kier molecular flexibility index (Phi) is 9.20. The lowest BCUT2D eigenvalue weighted by Crippen LogP contribution is -2.43. The van der Waals surface area contributed by atoms with E-state index in [1.807, 2.05) is 38.1 Å². The van der Waals surface area contributed by atoms with Gasteiger partial charge in [-0.05, 0) is 61.4 Å². The van der Waals surface area contributed by atoms with Crippen LogP contribution in [0, 0.1) is 31.1 Å². The molecule has 0 unspecified atom stereocenters. The van der Waals surface area contributed by atoms with Crippen LogP contribution in [0.25, 0.3) is 0 Å². The summed E-state index contributed by atoms with van der Waals surface area (Å²) < 4.78 is 0. The van der Waals surface area contributed by atoms with Gasteiger partial charge in [-0.25, -0.2) is 0 Å². The molecule has 2 aromatic rings. The molecule has 34 heavy (non-hydrogen) atoms. The smallest absolute Gasteiger partial charge is 0.323 e. The summed E-state index contributed by atoms with van der Waals surface area (Å²) in [5.74, 6) is 3.85. The molecule has 0 aromatic heterocycles. The topological polar surface area (TPSA) is 149 Å². The van der Waals surface area contributed by atoms with Crippen molar-refractivity contribution >= 4 is 35.0 Å². The van der Waals surface area contributed by atoms with Crippen molar-refractivity contribution in [2.24, 2.45) is 5.73 Å². The average Bonchev–Trinajstić information content (AvgIpc) is 2.80. The molecule has 0 aliphatic rings. The molecule has 0 fully saturated rings. The van der Waals surface area contributed by atoms with Gasteiger partial charge in [0.05, 0.1) is 13.1 Å². The molecule has 0 radical (unpaired) electrons. The molecule has 2 aromatic carbocycles. The molecular weight excluding hydrogens is 434 g/mol. The summed E-state index contributed by atoms with van der Waals surface area (Å²) in [7, 11) is 0. The van der Waals surface area contributed by atoms with Gasteiger partial charge in [0.25, 0.3) is 0 Å². The molecule has 6 N–H and O–H groups in total. The van der Waals surface area contributed by atoms with Crippen molar-refractivity contribution in [3.63, 3.8) is 0 Å². The molecule has 0 bridgehead atoms. The number of carboxylic acid groups (broad SMARTS) is 1. The number of nitrogens with one attached hydrogen (secondary N) is 3. The number of nitrogens with two attached hydrogens (primary N) is 1. The van der Waals surface area contributed by atoms with Crippen LogP contribution in [0.2, 0.25) is 0 Å². The maximum atomic E-state index is 12.4. The summed E-state index contributed by atoms with van der Waals surface area (Å²) in [5, 5.41) is 22.6. The molecule has 2 amide bonds. The Labute approximate surface area is 198 Å². The second-order valence-electron chi connectivity index (χ2n) is 7.60. The monoisotopic (exact) mass is 463 g/mol. The number of amidine groups is 1. The Hall–Kier alpha value is -4.32. The second kappa shape index (κ2) is 12.1. The van der Waals surface area contributed by atoms with Gasteiger partial charge in [0.1, 0.15) is 12.4 Å². The number of nitrogens with zero attached hydrogens (tertiary/aromatic N) is 1. The summed E-state index contributed by atoms with van der Waals surface area (Å²) in [4.78, 5) is 36.0. The quantitative estimate of drug-likeness (QED) is 0.218. The van der Waals surface area contributed by atoms with Gasteiger partial charge in [0, 0.05) is 28.9 Å². The summed E-state index contributed by atoms with van der Waals surface area (Å²) in [5.41, 5.74) is 10.3. The van der Waals surface area contributed by atoms with Gasteiger partial charge in [-0.1, -0.05) is 18.8 Å². The van der Waals surface area contributed by atoms with Crippen LogP contribution in [0.4, 0.5) is 11.4 Å². The lowest BCUT2D eigenvalue weighted by Gasteiger charge is -2.19. The first-order chi connectivity index (χ1) is 16.1. The number of anilines is 2. The molecule has 0 spiro atoms. The van der Waals surface area contributed by atoms with Crippen molar-refractivity contribution in [1.29, 1.82) is 5.41 Å². The van der Waals surface area contributed by atoms with Crippen molar-refractivity contribution < 1.29 is 19.5 Å². The third kappa shape index (κ3) is 7.38. The van der Waals surface area contributed by atoms with Crippen LogP contribution in [0.15, 0.2) is 36.4 Å². The fourth-order valence-electron chi connectivity index (χ4n) is 3.10. The predicted molar refractivity (Wildman–Crippen MR) is 132 cm³/mol. The lowest BCUT2D eigenvalue weighted by atomic mass is 10.0. The highest BCUT2D eigenvalue weighted by molar-refractivity contribution is 5.99. The fraction of sp³-hybridized carbons (Fsp3) is 0.280. The Balaban J connectivity index is 2.00. The van der Waals surface area contributed by atoms with E-state index >= 15 is 0 Å². The van der Waals surface area contributed by atoms with Crippen LogP contribution in [0.3, 0.4) is 0 Å². The molecule has 0 aliphatic carbocycles. The predicted octanol–water partition coefficient (Wildman–Crippen LogP) is 2.31. The van der Waals surface area contributed by atoms with Gasteiger partial charge in [0.2, 0.25) is 11.8 Å². The molecule has 0 aliphatic heterocycles. The third-order valence-electron chi connectivity index (χ3n) is 5.00. The molecule has 0 heterocycles. The van der Waals surface area contributed by atoms with E-state index in [1.54, 1.807) is 19.1 Å². The Morgan fingerprint density at radius 1 is 1.06 bits per heavy atom. The van der Waals surface area contributed by atoms with Gasteiger partial charge < -0.3 is 21.5 Å². The zero-order valence-electron chi connectivity index (χ0n) is 19.5. The number of benzene rings is 2. The van der Waals surface area contributed by atoms with Crippen molar-refractivity contribution in [3.05, 3.63) is 58.7 Å². The van der Waals surface area contributed by atoms with E-state index in [-0.39, 0.29) is 18.8 Å². The van der Waals surface area contributed by atoms with Crippen LogP contribution in [-0.4, -0.2) is 53.3 Å². The van der Waals surface area contributed by atoms with Gasteiger partial charge in [-0.2, -0.15) is 0 Å². The van der Waals surface area contributed by atoms with Gasteiger partial charge in [-0.3, -0.25) is 24.7 Å². The van der Waals surface area contributed by atoms with Gasteiger partial charge in [0.15, 0.2) is 0 Å².